The molecular formula is C24H32F3N7O2. The lowest BCUT2D eigenvalue weighted by atomic mass is 10.1. The number of hydrogen-bond donors (Lipinski definition) is 2. The molecule has 1 fully saturated rings. The van der Waals surface area contributed by atoms with Crippen molar-refractivity contribution in [3.8, 4) is 0 Å². The first-order chi connectivity index (χ1) is 17.2. The first-order valence-electron chi connectivity index (χ1n) is 12.1. The molecule has 0 aromatic carbocycles. The van der Waals surface area contributed by atoms with E-state index < -0.39 is 11.7 Å². The summed E-state index contributed by atoms with van der Waals surface area (Å²) in [7, 11) is 2.10. The predicted molar refractivity (Wildman–Crippen MR) is 130 cm³/mol. The van der Waals surface area contributed by atoms with Crippen LogP contribution in [0.25, 0.3) is 0 Å². The van der Waals surface area contributed by atoms with Crippen molar-refractivity contribution in [1.29, 1.82) is 0 Å². The lowest BCUT2D eigenvalue weighted by Crippen LogP contribution is -2.34. The SMILES string of the molecule is Cc1nn(C2CCN(C)CC2)cc1Nc1cc(NCCCN2CC=COCC2=O)c(C(F)(F)F)cn1. The number of ether oxygens (including phenoxy) is 1. The fourth-order valence-corrected chi connectivity index (χ4v) is 4.34. The lowest BCUT2D eigenvalue weighted by Gasteiger charge is -2.28. The van der Waals surface area contributed by atoms with E-state index in [-0.39, 0.29) is 24.7 Å². The Kier molecular flexibility index (Phi) is 8.02. The average Bonchev–Trinajstić information content (AvgIpc) is 3.06. The van der Waals surface area contributed by atoms with Gasteiger partial charge in [-0.3, -0.25) is 9.48 Å². The number of nitrogens with one attached hydrogen (secondary N) is 2. The molecule has 2 aromatic heterocycles. The first kappa shape index (κ1) is 25.8. The van der Waals surface area contributed by atoms with Gasteiger partial charge < -0.3 is 25.2 Å². The molecule has 196 valence electrons. The molecule has 12 heteroatoms. The van der Waals surface area contributed by atoms with Crippen LogP contribution in [0.5, 0.6) is 0 Å². The molecule has 4 rings (SSSR count). The van der Waals surface area contributed by atoms with Crippen LogP contribution in [0.1, 0.15) is 36.6 Å². The molecule has 0 saturated carbocycles. The van der Waals surface area contributed by atoms with Gasteiger partial charge in [0, 0.05) is 38.1 Å². The Morgan fingerprint density at radius 1 is 1.22 bits per heavy atom. The quantitative estimate of drug-likeness (QED) is 0.526. The Morgan fingerprint density at radius 3 is 2.75 bits per heavy atom. The van der Waals surface area contributed by atoms with Crippen LogP contribution >= 0.6 is 0 Å². The van der Waals surface area contributed by atoms with E-state index in [0.717, 1.165) is 37.8 Å². The number of likely N-dealkylation sites (tertiary alicyclic amines) is 1. The van der Waals surface area contributed by atoms with Crippen LogP contribution in [-0.2, 0) is 15.7 Å². The number of amides is 1. The highest BCUT2D eigenvalue weighted by Crippen LogP contribution is 2.36. The number of rotatable bonds is 8. The van der Waals surface area contributed by atoms with E-state index >= 15 is 0 Å². The van der Waals surface area contributed by atoms with Crippen molar-refractivity contribution in [1.82, 2.24) is 24.6 Å². The minimum absolute atomic E-state index is 0.0324. The molecule has 4 heterocycles. The van der Waals surface area contributed by atoms with Gasteiger partial charge in [-0.2, -0.15) is 18.3 Å². The van der Waals surface area contributed by atoms with Crippen molar-refractivity contribution in [2.75, 3.05) is 57.0 Å². The number of carbonyl (C=O) groups excluding carboxylic acids is 1. The number of aryl methyl sites for hydroxylation is 1. The van der Waals surface area contributed by atoms with Crippen LogP contribution in [0.3, 0.4) is 0 Å². The Morgan fingerprint density at radius 2 is 2.00 bits per heavy atom. The van der Waals surface area contributed by atoms with Gasteiger partial charge in [0.05, 0.1) is 34.9 Å². The Hall–Kier alpha value is -3.28. The second kappa shape index (κ2) is 11.2. The fourth-order valence-electron chi connectivity index (χ4n) is 4.34. The molecule has 0 aliphatic carbocycles. The number of hydrogen-bond acceptors (Lipinski definition) is 7. The standard InChI is InChI=1S/C24H32F3N7O2/c1-17-21(15-34(31-17)18-5-10-32(2)11-6-18)30-22-13-20(19(14-29-22)24(25,26)27)28-7-3-8-33-9-4-12-36-16-23(33)35/h4,12-15,18H,3,5-11,16H2,1-2H3,(H2,28,29,30). The highest BCUT2D eigenvalue weighted by molar-refractivity contribution is 5.78. The maximum atomic E-state index is 13.6. The van der Waals surface area contributed by atoms with Gasteiger partial charge in [0.15, 0.2) is 6.61 Å². The van der Waals surface area contributed by atoms with Crippen molar-refractivity contribution >= 4 is 23.1 Å². The van der Waals surface area contributed by atoms with E-state index in [2.05, 4.69) is 32.7 Å². The van der Waals surface area contributed by atoms with E-state index in [1.807, 2.05) is 17.8 Å². The number of alkyl halides is 3. The van der Waals surface area contributed by atoms with Gasteiger partial charge >= 0.3 is 6.18 Å². The Bertz CT molecular complexity index is 1080. The number of carbonyl (C=O) groups is 1. The Balaban J connectivity index is 1.42. The molecule has 2 aliphatic heterocycles. The minimum atomic E-state index is -4.55. The summed E-state index contributed by atoms with van der Waals surface area (Å²) in [6, 6.07) is 1.66. The summed E-state index contributed by atoms with van der Waals surface area (Å²) in [6.45, 7) is 4.91. The maximum absolute atomic E-state index is 13.6. The van der Waals surface area contributed by atoms with Crippen LogP contribution in [-0.4, -0.2) is 76.8 Å². The summed E-state index contributed by atoms with van der Waals surface area (Å²) in [5, 5.41) is 10.6. The molecule has 9 nitrogen and oxygen atoms in total. The second-order valence-corrected chi connectivity index (χ2v) is 9.18. The normalized spacial score (nSPS) is 17.7. The minimum Gasteiger partial charge on any atom is -0.492 e. The molecule has 0 unspecified atom stereocenters. The highest BCUT2D eigenvalue weighted by Gasteiger charge is 2.34. The summed E-state index contributed by atoms with van der Waals surface area (Å²) >= 11 is 0. The summed E-state index contributed by atoms with van der Waals surface area (Å²) in [6.07, 6.45) is 3.87. The smallest absolute Gasteiger partial charge is 0.419 e. The largest absolute Gasteiger partial charge is 0.492 e. The average molecular weight is 508 g/mol. The molecule has 2 aromatic rings. The van der Waals surface area contributed by atoms with Crippen LogP contribution in [0.15, 0.2) is 30.8 Å². The molecule has 1 saturated heterocycles. The predicted octanol–water partition coefficient (Wildman–Crippen LogP) is 3.79. The van der Waals surface area contributed by atoms with Crippen LogP contribution in [0.2, 0.25) is 0 Å². The third kappa shape index (κ3) is 6.48. The van der Waals surface area contributed by atoms with Crippen molar-refractivity contribution in [3.05, 3.63) is 42.1 Å². The van der Waals surface area contributed by atoms with Crippen LogP contribution in [0.4, 0.5) is 30.4 Å². The maximum Gasteiger partial charge on any atom is 0.419 e. The zero-order chi connectivity index (χ0) is 25.7. The monoisotopic (exact) mass is 507 g/mol. The van der Waals surface area contributed by atoms with Gasteiger partial charge in [-0.05, 0) is 52.4 Å². The molecule has 0 bridgehead atoms. The van der Waals surface area contributed by atoms with Gasteiger partial charge in [0.25, 0.3) is 5.91 Å². The van der Waals surface area contributed by atoms with Crippen molar-refractivity contribution < 1.29 is 22.7 Å². The van der Waals surface area contributed by atoms with E-state index in [4.69, 9.17) is 4.74 Å². The summed E-state index contributed by atoms with van der Waals surface area (Å²) < 4.78 is 47.8. The molecule has 0 atom stereocenters. The van der Waals surface area contributed by atoms with E-state index in [1.165, 1.54) is 12.3 Å². The lowest BCUT2D eigenvalue weighted by molar-refractivity contribution is -0.137. The van der Waals surface area contributed by atoms with E-state index in [9.17, 15) is 18.0 Å². The molecular weight excluding hydrogens is 475 g/mol. The third-order valence-corrected chi connectivity index (χ3v) is 6.45. The number of nitrogens with zero attached hydrogens (tertiary/aromatic N) is 5. The fraction of sp³-hybridized carbons (Fsp3) is 0.542. The van der Waals surface area contributed by atoms with Gasteiger partial charge in [0.2, 0.25) is 0 Å². The van der Waals surface area contributed by atoms with Gasteiger partial charge in [-0.25, -0.2) is 4.98 Å². The number of anilines is 3. The van der Waals surface area contributed by atoms with Gasteiger partial charge in [-0.1, -0.05) is 0 Å². The molecule has 1 amide bonds. The molecule has 0 spiro atoms. The number of aromatic nitrogens is 3. The number of halogens is 3. The third-order valence-electron chi connectivity index (χ3n) is 6.45. The van der Waals surface area contributed by atoms with E-state index in [0.29, 0.717) is 37.1 Å². The zero-order valence-electron chi connectivity index (χ0n) is 20.5. The second-order valence-electron chi connectivity index (χ2n) is 9.18. The topological polar surface area (TPSA) is 87.5 Å². The molecule has 36 heavy (non-hydrogen) atoms. The van der Waals surface area contributed by atoms with Crippen molar-refractivity contribution in [3.63, 3.8) is 0 Å². The van der Waals surface area contributed by atoms with Gasteiger partial charge in [0.1, 0.15) is 5.82 Å². The van der Waals surface area contributed by atoms with E-state index in [1.54, 1.807) is 11.0 Å². The number of pyridine rings is 1. The molecule has 2 N–H and O–H groups in total. The Labute approximate surface area is 208 Å². The first-order valence-corrected chi connectivity index (χ1v) is 12.1. The van der Waals surface area contributed by atoms with Crippen LogP contribution < -0.4 is 10.6 Å². The van der Waals surface area contributed by atoms with Crippen molar-refractivity contribution in [2.45, 2.75) is 38.4 Å². The summed E-state index contributed by atoms with van der Waals surface area (Å²) in [5.74, 6) is 0.143. The van der Waals surface area contributed by atoms with Gasteiger partial charge in [-0.15, -0.1) is 0 Å². The highest BCUT2D eigenvalue weighted by atomic mass is 19.4. The molecule has 2 aliphatic rings. The zero-order valence-corrected chi connectivity index (χ0v) is 20.5. The number of piperidine rings is 1. The molecule has 0 radical (unpaired) electrons. The summed E-state index contributed by atoms with van der Waals surface area (Å²) in [4.78, 5) is 19.9. The van der Waals surface area contributed by atoms with Crippen molar-refractivity contribution in [2.24, 2.45) is 0 Å². The van der Waals surface area contributed by atoms with Crippen LogP contribution in [0, 0.1) is 6.92 Å². The summed E-state index contributed by atoms with van der Waals surface area (Å²) in [5.41, 5.74) is 0.562.